The number of pyridine rings is 1. The minimum Gasteiger partial charge on any atom is -0.392 e. The van der Waals surface area contributed by atoms with Crippen molar-refractivity contribution in [2.45, 2.75) is 25.9 Å². The molecule has 1 unspecified atom stereocenters. The normalized spacial score (nSPS) is 18.1. The number of piperidine rings is 1. The Balaban J connectivity index is 1.91. The van der Waals surface area contributed by atoms with E-state index in [9.17, 15) is 9.90 Å². The van der Waals surface area contributed by atoms with Crippen LogP contribution in [-0.2, 0) is 0 Å². The van der Waals surface area contributed by atoms with Gasteiger partial charge < -0.3 is 20.6 Å². The number of rotatable bonds is 6. The number of aliphatic hydroxyl groups excluding tert-OH is 1. The molecule has 3 N–H and O–H groups in total. The molecule has 0 spiro atoms. The van der Waals surface area contributed by atoms with Gasteiger partial charge in [0.15, 0.2) is 0 Å². The highest BCUT2D eigenvalue weighted by molar-refractivity contribution is 5.98. The van der Waals surface area contributed by atoms with Crippen LogP contribution in [0.1, 0.15) is 30.1 Å². The van der Waals surface area contributed by atoms with Crippen molar-refractivity contribution >= 4 is 11.6 Å². The lowest BCUT2D eigenvalue weighted by Crippen LogP contribution is -2.40. The van der Waals surface area contributed by atoms with Gasteiger partial charge in [0.2, 0.25) is 0 Å². The molecule has 1 saturated heterocycles. The standard InChI is InChI=1S/C16H26N4O2/c1-12(21)10-20-7-4-13(5-8-20)11-19(2)15-3-6-18-9-14(15)16(17)22/h3,6,9,12-13,21H,4-5,7-8,10-11H2,1-2H3,(H2,17,22). The number of nitrogens with zero attached hydrogens (tertiary/aromatic N) is 3. The lowest BCUT2D eigenvalue weighted by Gasteiger charge is -2.35. The van der Waals surface area contributed by atoms with Crippen molar-refractivity contribution in [1.29, 1.82) is 0 Å². The molecule has 2 rings (SSSR count). The zero-order valence-electron chi connectivity index (χ0n) is 13.4. The third-order valence-corrected chi connectivity index (χ3v) is 4.24. The average Bonchev–Trinajstić information content (AvgIpc) is 2.48. The van der Waals surface area contributed by atoms with Crippen molar-refractivity contribution in [3.8, 4) is 0 Å². The van der Waals surface area contributed by atoms with Gasteiger partial charge in [0.05, 0.1) is 17.4 Å². The summed E-state index contributed by atoms with van der Waals surface area (Å²) < 4.78 is 0. The van der Waals surface area contributed by atoms with Gasteiger partial charge in [0.1, 0.15) is 0 Å². The van der Waals surface area contributed by atoms with Crippen LogP contribution in [0, 0.1) is 5.92 Å². The number of aliphatic hydroxyl groups is 1. The second-order valence-electron chi connectivity index (χ2n) is 6.23. The predicted molar refractivity (Wildman–Crippen MR) is 86.9 cm³/mol. The van der Waals surface area contributed by atoms with Crippen LogP contribution >= 0.6 is 0 Å². The van der Waals surface area contributed by atoms with Gasteiger partial charge in [-0.3, -0.25) is 9.78 Å². The Morgan fingerprint density at radius 3 is 2.82 bits per heavy atom. The summed E-state index contributed by atoms with van der Waals surface area (Å²) in [6.07, 6.45) is 5.15. The fraction of sp³-hybridized carbons (Fsp3) is 0.625. The van der Waals surface area contributed by atoms with Crippen LogP contribution in [0.3, 0.4) is 0 Å². The lowest BCUT2D eigenvalue weighted by molar-refractivity contribution is 0.1000. The molecule has 122 valence electrons. The number of hydrogen-bond donors (Lipinski definition) is 2. The van der Waals surface area contributed by atoms with Crippen molar-refractivity contribution < 1.29 is 9.90 Å². The predicted octanol–water partition coefficient (Wildman–Crippen LogP) is 0.710. The summed E-state index contributed by atoms with van der Waals surface area (Å²) in [5.41, 5.74) is 6.72. The molecule has 0 radical (unpaired) electrons. The summed E-state index contributed by atoms with van der Waals surface area (Å²) in [5, 5.41) is 9.45. The fourth-order valence-corrected chi connectivity index (χ4v) is 3.12. The number of likely N-dealkylation sites (tertiary alicyclic amines) is 1. The first kappa shape index (κ1) is 16.7. The van der Waals surface area contributed by atoms with E-state index in [0.717, 1.165) is 44.7 Å². The van der Waals surface area contributed by atoms with Crippen LogP contribution in [0.2, 0.25) is 0 Å². The van der Waals surface area contributed by atoms with E-state index in [1.807, 2.05) is 20.0 Å². The topological polar surface area (TPSA) is 82.7 Å². The molecular formula is C16H26N4O2. The minimum atomic E-state index is -0.443. The van der Waals surface area contributed by atoms with Crippen LogP contribution in [-0.4, -0.2) is 60.2 Å². The molecule has 22 heavy (non-hydrogen) atoms. The van der Waals surface area contributed by atoms with Crippen LogP contribution < -0.4 is 10.6 Å². The van der Waals surface area contributed by atoms with Gasteiger partial charge in [-0.15, -0.1) is 0 Å². The molecule has 1 amide bonds. The molecule has 0 saturated carbocycles. The number of β-amino-alcohol motifs (C(OH)–C–C–N with tert-alkyl or cyclic N) is 1. The van der Waals surface area contributed by atoms with E-state index in [2.05, 4.69) is 14.8 Å². The van der Waals surface area contributed by atoms with Crippen LogP contribution in [0.15, 0.2) is 18.5 Å². The number of nitrogens with two attached hydrogens (primary N) is 1. The van der Waals surface area contributed by atoms with Crippen molar-refractivity contribution in [2.75, 3.05) is 38.1 Å². The highest BCUT2D eigenvalue weighted by atomic mass is 16.3. The van der Waals surface area contributed by atoms with Crippen molar-refractivity contribution in [2.24, 2.45) is 11.7 Å². The molecule has 2 heterocycles. The van der Waals surface area contributed by atoms with E-state index in [0.29, 0.717) is 11.5 Å². The minimum absolute atomic E-state index is 0.269. The van der Waals surface area contributed by atoms with Gasteiger partial charge in [-0.05, 0) is 44.8 Å². The second kappa shape index (κ2) is 7.56. The zero-order chi connectivity index (χ0) is 16.1. The maximum atomic E-state index is 11.5. The summed E-state index contributed by atoms with van der Waals surface area (Å²) in [4.78, 5) is 19.9. The lowest BCUT2D eigenvalue weighted by atomic mass is 9.95. The van der Waals surface area contributed by atoms with Gasteiger partial charge >= 0.3 is 0 Å². The average molecular weight is 306 g/mol. The number of amides is 1. The second-order valence-corrected chi connectivity index (χ2v) is 6.23. The third-order valence-electron chi connectivity index (χ3n) is 4.24. The highest BCUT2D eigenvalue weighted by Gasteiger charge is 2.22. The largest absolute Gasteiger partial charge is 0.392 e. The quantitative estimate of drug-likeness (QED) is 0.809. The molecule has 0 aromatic carbocycles. The molecule has 0 bridgehead atoms. The van der Waals surface area contributed by atoms with Gasteiger partial charge in [-0.1, -0.05) is 0 Å². The van der Waals surface area contributed by atoms with Crippen LogP contribution in [0.5, 0.6) is 0 Å². The number of carbonyl (C=O) groups excluding carboxylic acids is 1. The van der Waals surface area contributed by atoms with E-state index in [4.69, 9.17) is 5.73 Å². The van der Waals surface area contributed by atoms with E-state index < -0.39 is 5.91 Å². The third kappa shape index (κ3) is 4.42. The Labute approximate surface area is 131 Å². The summed E-state index contributed by atoms with van der Waals surface area (Å²) >= 11 is 0. The Bertz CT molecular complexity index is 499. The maximum Gasteiger partial charge on any atom is 0.252 e. The molecule has 1 aliphatic heterocycles. The summed E-state index contributed by atoms with van der Waals surface area (Å²) in [7, 11) is 1.99. The van der Waals surface area contributed by atoms with E-state index in [1.54, 1.807) is 6.20 Å². The molecule has 1 aliphatic rings. The number of hydrogen-bond acceptors (Lipinski definition) is 5. The first-order valence-corrected chi connectivity index (χ1v) is 7.82. The molecule has 1 atom stereocenters. The Hall–Kier alpha value is -1.66. The van der Waals surface area contributed by atoms with Crippen LogP contribution in [0.4, 0.5) is 5.69 Å². The molecular weight excluding hydrogens is 280 g/mol. The first-order valence-electron chi connectivity index (χ1n) is 7.82. The molecule has 0 aliphatic carbocycles. The molecule has 1 aromatic heterocycles. The van der Waals surface area contributed by atoms with Gasteiger partial charge in [-0.25, -0.2) is 0 Å². The Morgan fingerprint density at radius 1 is 1.55 bits per heavy atom. The van der Waals surface area contributed by atoms with Gasteiger partial charge in [0.25, 0.3) is 5.91 Å². The molecule has 6 heteroatoms. The van der Waals surface area contributed by atoms with Crippen molar-refractivity contribution in [3.63, 3.8) is 0 Å². The monoisotopic (exact) mass is 306 g/mol. The molecule has 6 nitrogen and oxygen atoms in total. The fourth-order valence-electron chi connectivity index (χ4n) is 3.12. The molecule has 1 aromatic rings. The number of carbonyl (C=O) groups is 1. The SMILES string of the molecule is CC(O)CN1CCC(CN(C)c2ccncc2C(N)=O)CC1. The van der Waals surface area contributed by atoms with E-state index >= 15 is 0 Å². The number of primary amides is 1. The maximum absolute atomic E-state index is 11.5. The zero-order valence-corrected chi connectivity index (χ0v) is 13.4. The summed E-state index contributed by atoms with van der Waals surface area (Å²) in [6, 6.07) is 1.84. The smallest absolute Gasteiger partial charge is 0.252 e. The van der Waals surface area contributed by atoms with E-state index in [1.165, 1.54) is 6.20 Å². The van der Waals surface area contributed by atoms with Crippen molar-refractivity contribution in [1.82, 2.24) is 9.88 Å². The number of anilines is 1. The van der Waals surface area contributed by atoms with Gasteiger partial charge in [-0.2, -0.15) is 0 Å². The van der Waals surface area contributed by atoms with Crippen LogP contribution in [0.25, 0.3) is 0 Å². The molecule has 1 fully saturated rings. The van der Waals surface area contributed by atoms with E-state index in [-0.39, 0.29) is 6.10 Å². The Kier molecular flexibility index (Phi) is 5.74. The summed E-state index contributed by atoms with van der Waals surface area (Å²) in [5.74, 6) is 0.144. The van der Waals surface area contributed by atoms with Gasteiger partial charge in [0, 0.05) is 32.5 Å². The summed E-state index contributed by atoms with van der Waals surface area (Å²) in [6.45, 7) is 5.51. The Morgan fingerprint density at radius 2 is 2.23 bits per heavy atom. The highest BCUT2D eigenvalue weighted by Crippen LogP contribution is 2.23. The number of aromatic nitrogens is 1. The van der Waals surface area contributed by atoms with Crippen molar-refractivity contribution in [3.05, 3.63) is 24.0 Å². The first-order chi connectivity index (χ1) is 10.5.